The second kappa shape index (κ2) is 3.77. The smallest absolute Gasteiger partial charge is 0.0789 e. The van der Waals surface area contributed by atoms with Gasteiger partial charge in [0.2, 0.25) is 0 Å². The fourth-order valence-electron chi connectivity index (χ4n) is 2.36. The van der Waals surface area contributed by atoms with E-state index >= 15 is 0 Å². The Morgan fingerprint density at radius 3 is 2.64 bits per heavy atom. The fraction of sp³-hybridized carbons (Fsp3) is 1.00. The predicted molar refractivity (Wildman–Crippen MR) is 53.8 cm³/mol. The van der Waals surface area contributed by atoms with Crippen LogP contribution in [0.5, 0.6) is 0 Å². The van der Waals surface area contributed by atoms with Gasteiger partial charge in [-0.2, -0.15) is 0 Å². The van der Waals surface area contributed by atoms with Crippen LogP contribution in [0.4, 0.5) is 0 Å². The van der Waals surface area contributed by atoms with E-state index in [1.807, 2.05) is 0 Å². The monoisotopic (exact) mass is 200 g/mol. The summed E-state index contributed by atoms with van der Waals surface area (Å²) >= 11 is 0. The molecule has 82 valence electrons. The van der Waals surface area contributed by atoms with Gasteiger partial charge in [-0.15, -0.1) is 0 Å². The average molecular weight is 200 g/mol. The van der Waals surface area contributed by atoms with Crippen LogP contribution in [0.25, 0.3) is 0 Å². The number of rotatable bonds is 3. The highest BCUT2D eigenvalue weighted by Gasteiger charge is 2.51. The summed E-state index contributed by atoms with van der Waals surface area (Å²) in [7, 11) is 0. The van der Waals surface area contributed by atoms with Crippen molar-refractivity contribution in [3.05, 3.63) is 0 Å². The molecule has 2 rings (SSSR count). The molecule has 1 aliphatic heterocycles. The summed E-state index contributed by atoms with van der Waals surface area (Å²) in [5.41, 5.74) is 5.60. The van der Waals surface area contributed by atoms with Gasteiger partial charge in [0.1, 0.15) is 0 Å². The number of nitrogens with two attached hydrogens (primary N) is 1. The number of likely N-dealkylation sites (tertiary alicyclic amines) is 1. The minimum Gasteiger partial charge on any atom is -0.391 e. The molecule has 4 nitrogen and oxygen atoms in total. The molecule has 0 radical (unpaired) electrons. The lowest BCUT2D eigenvalue weighted by Crippen LogP contribution is -2.48. The Morgan fingerprint density at radius 1 is 1.43 bits per heavy atom. The minimum absolute atomic E-state index is 0.193. The van der Waals surface area contributed by atoms with E-state index in [9.17, 15) is 10.2 Å². The van der Waals surface area contributed by atoms with Crippen molar-refractivity contribution in [1.29, 1.82) is 0 Å². The first-order valence-electron chi connectivity index (χ1n) is 5.45. The summed E-state index contributed by atoms with van der Waals surface area (Å²) < 4.78 is 0. The van der Waals surface area contributed by atoms with Crippen LogP contribution in [0.3, 0.4) is 0 Å². The van der Waals surface area contributed by atoms with Gasteiger partial charge >= 0.3 is 0 Å². The van der Waals surface area contributed by atoms with Crippen LogP contribution in [0.1, 0.15) is 19.3 Å². The molecule has 1 aliphatic carbocycles. The number of aliphatic hydroxyl groups is 2. The third kappa shape index (κ3) is 1.93. The molecular formula is C10H20N2O2. The predicted octanol–water partition coefficient (Wildman–Crippen LogP) is -0.847. The molecule has 0 bridgehead atoms. The zero-order chi connectivity index (χ0) is 10.2. The molecule has 0 aromatic rings. The minimum atomic E-state index is -0.449. The van der Waals surface area contributed by atoms with Gasteiger partial charge in [-0.3, -0.25) is 4.90 Å². The molecule has 2 fully saturated rings. The molecule has 1 spiro atoms. The highest BCUT2D eigenvalue weighted by atomic mass is 16.3. The van der Waals surface area contributed by atoms with E-state index in [4.69, 9.17) is 5.73 Å². The Hall–Kier alpha value is -0.160. The maximum atomic E-state index is 9.90. The lowest BCUT2D eigenvalue weighted by Gasteiger charge is -2.37. The molecular weight excluding hydrogens is 180 g/mol. The van der Waals surface area contributed by atoms with Gasteiger partial charge in [0, 0.05) is 19.6 Å². The van der Waals surface area contributed by atoms with Crippen molar-refractivity contribution in [3.8, 4) is 0 Å². The Labute approximate surface area is 84.7 Å². The average Bonchev–Trinajstić information content (AvgIpc) is 2.93. The largest absolute Gasteiger partial charge is 0.391 e. The Bertz CT molecular complexity index is 206. The van der Waals surface area contributed by atoms with Crippen molar-refractivity contribution in [2.75, 3.05) is 26.2 Å². The van der Waals surface area contributed by atoms with E-state index in [1.54, 1.807) is 0 Å². The summed E-state index contributed by atoms with van der Waals surface area (Å²) in [4.78, 5) is 2.12. The molecule has 0 aromatic heterocycles. The van der Waals surface area contributed by atoms with Gasteiger partial charge in [0.25, 0.3) is 0 Å². The van der Waals surface area contributed by atoms with Gasteiger partial charge in [-0.25, -0.2) is 0 Å². The quantitative estimate of drug-likeness (QED) is 0.555. The highest BCUT2D eigenvalue weighted by molar-refractivity contribution is 5.02. The van der Waals surface area contributed by atoms with Crippen LogP contribution < -0.4 is 5.73 Å². The normalized spacial score (nSPS) is 33.2. The molecule has 1 saturated carbocycles. The molecule has 1 heterocycles. The molecule has 2 aliphatic rings. The zero-order valence-electron chi connectivity index (χ0n) is 8.52. The van der Waals surface area contributed by atoms with E-state index in [1.165, 1.54) is 12.8 Å². The molecule has 2 unspecified atom stereocenters. The molecule has 1 saturated heterocycles. The summed E-state index contributed by atoms with van der Waals surface area (Å²) in [5, 5.41) is 19.3. The van der Waals surface area contributed by atoms with Crippen molar-refractivity contribution >= 4 is 0 Å². The van der Waals surface area contributed by atoms with Crippen LogP contribution in [-0.4, -0.2) is 53.5 Å². The molecule has 2 atom stereocenters. The van der Waals surface area contributed by atoms with E-state index in [0.29, 0.717) is 19.6 Å². The van der Waals surface area contributed by atoms with Crippen LogP contribution in [0, 0.1) is 5.41 Å². The summed E-state index contributed by atoms with van der Waals surface area (Å²) in [6, 6.07) is 0. The van der Waals surface area contributed by atoms with Crippen molar-refractivity contribution in [3.63, 3.8) is 0 Å². The Balaban J connectivity index is 1.81. The molecule has 4 N–H and O–H groups in total. The number of piperidine rings is 1. The van der Waals surface area contributed by atoms with Gasteiger partial charge in [-0.05, 0) is 31.2 Å². The van der Waals surface area contributed by atoms with Crippen molar-refractivity contribution < 1.29 is 10.2 Å². The SMILES string of the molecule is NCC(O)CN1CCC2(CC2)C(O)C1. The maximum Gasteiger partial charge on any atom is 0.0789 e. The second-order valence-electron chi connectivity index (χ2n) is 4.78. The van der Waals surface area contributed by atoms with E-state index in [-0.39, 0.29) is 11.5 Å². The molecule has 4 heteroatoms. The first-order chi connectivity index (χ1) is 6.66. The number of aliphatic hydroxyl groups excluding tert-OH is 2. The highest BCUT2D eigenvalue weighted by Crippen LogP contribution is 2.53. The van der Waals surface area contributed by atoms with Gasteiger partial charge in [0.15, 0.2) is 0 Å². The summed E-state index contributed by atoms with van der Waals surface area (Å²) in [6.45, 7) is 2.60. The maximum absolute atomic E-state index is 9.90. The number of nitrogens with zero attached hydrogens (tertiary/aromatic N) is 1. The summed E-state index contributed by atoms with van der Waals surface area (Å²) in [5.74, 6) is 0. The van der Waals surface area contributed by atoms with Crippen LogP contribution in [0.2, 0.25) is 0 Å². The van der Waals surface area contributed by atoms with Gasteiger partial charge < -0.3 is 15.9 Å². The molecule has 0 amide bonds. The first-order valence-corrected chi connectivity index (χ1v) is 5.45. The van der Waals surface area contributed by atoms with Crippen LogP contribution in [0.15, 0.2) is 0 Å². The fourth-order valence-corrected chi connectivity index (χ4v) is 2.36. The van der Waals surface area contributed by atoms with Crippen molar-refractivity contribution in [2.24, 2.45) is 11.1 Å². The van der Waals surface area contributed by atoms with Crippen LogP contribution in [-0.2, 0) is 0 Å². The Kier molecular flexibility index (Phi) is 2.79. The first kappa shape index (κ1) is 10.4. The van der Waals surface area contributed by atoms with Gasteiger partial charge in [-0.1, -0.05) is 0 Å². The van der Waals surface area contributed by atoms with E-state index in [2.05, 4.69) is 4.90 Å². The Morgan fingerprint density at radius 2 is 2.14 bits per heavy atom. The lowest BCUT2D eigenvalue weighted by atomic mass is 9.90. The van der Waals surface area contributed by atoms with E-state index < -0.39 is 6.10 Å². The molecule has 14 heavy (non-hydrogen) atoms. The number of hydrogen-bond donors (Lipinski definition) is 3. The standard InChI is InChI=1S/C10H20N2O2/c11-5-8(13)6-12-4-3-10(1-2-10)9(14)7-12/h8-9,13-14H,1-7,11H2. The molecule has 0 aromatic carbocycles. The number of hydrogen-bond acceptors (Lipinski definition) is 4. The zero-order valence-corrected chi connectivity index (χ0v) is 8.52. The topological polar surface area (TPSA) is 69.7 Å². The van der Waals surface area contributed by atoms with Crippen LogP contribution >= 0.6 is 0 Å². The van der Waals surface area contributed by atoms with Crippen molar-refractivity contribution in [2.45, 2.75) is 31.5 Å². The second-order valence-corrected chi connectivity index (χ2v) is 4.78. The third-order valence-corrected chi connectivity index (χ3v) is 3.70. The summed E-state index contributed by atoms with van der Waals surface area (Å²) in [6.07, 6.45) is 2.80. The third-order valence-electron chi connectivity index (χ3n) is 3.70. The van der Waals surface area contributed by atoms with E-state index in [0.717, 1.165) is 13.0 Å². The number of β-amino-alcohol motifs (C(OH)–C–C–N with tert-alkyl or cyclic N) is 2. The lowest BCUT2D eigenvalue weighted by molar-refractivity contribution is -0.00663. The van der Waals surface area contributed by atoms with Crippen molar-refractivity contribution in [1.82, 2.24) is 4.90 Å². The van der Waals surface area contributed by atoms with Gasteiger partial charge in [0.05, 0.1) is 12.2 Å².